The summed E-state index contributed by atoms with van der Waals surface area (Å²) in [6.07, 6.45) is 2.27. The summed E-state index contributed by atoms with van der Waals surface area (Å²) in [6, 6.07) is 6.07. The largest absolute Gasteiger partial charge is 0.495 e. The summed E-state index contributed by atoms with van der Waals surface area (Å²) in [5.41, 5.74) is 2.08. The van der Waals surface area contributed by atoms with Gasteiger partial charge in [-0.1, -0.05) is 17.9 Å². The zero-order chi connectivity index (χ0) is 14.2. The van der Waals surface area contributed by atoms with E-state index >= 15 is 0 Å². The molecule has 0 aromatic heterocycles. The van der Waals surface area contributed by atoms with Crippen LogP contribution in [0.1, 0.15) is 24.0 Å². The Kier molecular flexibility index (Phi) is 6.25. The number of methoxy groups -OCH3 is 1. The third-order valence-electron chi connectivity index (χ3n) is 3.22. The lowest BCUT2D eigenvalue weighted by Gasteiger charge is -2.21. The molecule has 1 aromatic rings. The maximum atomic E-state index is 8.80. The van der Waals surface area contributed by atoms with Crippen molar-refractivity contribution in [2.45, 2.75) is 23.8 Å². The van der Waals surface area contributed by atoms with Gasteiger partial charge in [-0.15, -0.1) is 0 Å². The van der Waals surface area contributed by atoms with Crippen LogP contribution in [0.25, 0.3) is 0 Å². The summed E-state index contributed by atoms with van der Waals surface area (Å²) >= 11 is 1.98. The van der Waals surface area contributed by atoms with Crippen molar-refractivity contribution in [2.24, 2.45) is 0 Å². The van der Waals surface area contributed by atoms with Crippen LogP contribution in [0, 0.1) is 11.8 Å². The summed E-state index contributed by atoms with van der Waals surface area (Å²) < 4.78 is 10.7. The van der Waals surface area contributed by atoms with Gasteiger partial charge in [0.2, 0.25) is 0 Å². The molecule has 1 saturated heterocycles. The summed E-state index contributed by atoms with van der Waals surface area (Å²) in [5.74, 6) is 7.34. The molecule has 0 amide bonds. The Balaban J connectivity index is 2.00. The van der Waals surface area contributed by atoms with E-state index in [0.29, 0.717) is 5.25 Å². The van der Waals surface area contributed by atoms with E-state index in [0.717, 1.165) is 43.1 Å². The number of thioether (sulfide) groups is 1. The van der Waals surface area contributed by atoms with Crippen molar-refractivity contribution in [1.82, 2.24) is 0 Å². The highest BCUT2D eigenvalue weighted by molar-refractivity contribution is 7.99. The first kappa shape index (κ1) is 15.2. The van der Waals surface area contributed by atoms with Gasteiger partial charge in [0.25, 0.3) is 0 Å². The number of rotatable bonds is 4. The van der Waals surface area contributed by atoms with Crippen molar-refractivity contribution >= 4 is 11.8 Å². The van der Waals surface area contributed by atoms with E-state index in [9.17, 15) is 0 Å². The number of ether oxygens (including phenoxy) is 2. The zero-order valence-electron chi connectivity index (χ0n) is 11.7. The fraction of sp³-hybridized carbons (Fsp3) is 0.500. The molecule has 20 heavy (non-hydrogen) atoms. The Hall–Kier alpha value is -1.15. The molecular weight excluding hydrogens is 272 g/mol. The summed E-state index contributed by atoms with van der Waals surface area (Å²) in [5, 5.41) is 9.50. The summed E-state index contributed by atoms with van der Waals surface area (Å²) in [4.78, 5) is 0. The Morgan fingerprint density at radius 2 is 2.20 bits per heavy atom. The van der Waals surface area contributed by atoms with Crippen molar-refractivity contribution in [3.8, 4) is 17.6 Å². The molecule has 0 unspecified atom stereocenters. The molecule has 108 valence electrons. The highest BCUT2D eigenvalue weighted by Gasteiger charge is 2.14. The maximum absolute atomic E-state index is 8.80. The molecule has 1 aliphatic heterocycles. The first-order chi connectivity index (χ1) is 9.83. The quantitative estimate of drug-likeness (QED) is 0.865. The predicted octanol–water partition coefficient (Wildman–Crippen LogP) is 2.45. The molecule has 0 atom stereocenters. The summed E-state index contributed by atoms with van der Waals surface area (Å²) in [6.45, 7) is 1.63. The highest BCUT2D eigenvalue weighted by atomic mass is 32.2. The monoisotopic (exact) mass is 292 g/mol. The van der Waals surface area contributed by atoms with Gasteiger partial charge in [-0.3, -0.25) is 0 Å². The standard InChI is InChI=1S/C16H20O3S/c1-18-16-5-4-13(11-14(16)3-2-8-17)12-20-15-6-9-19-10-7-15/h4-5,11,15,17H,6-10,12H2,1H3. The molecule has 1 N–H and O–H groups in total. The predicted molar refractivity (Wildman–Crippen MR) is 82.1 cm³/mol. The van der Waals surface area contributed by atoms with E-state index in [1.807, 2.05) is 23.9 Å². The van der Waals surface area contributed by atoms with Gasteiger partial charge in [-0.2, -0.15) is 11.8 Å². The fourth-order valence-corrected chi connectivity index (χ4v) is 3.27. The van der Waals surface area contributed by atoms with E-state index in [1.54, 1.807) is 7.11 Å². The third-order valence-corrected chi connectivity index (χ3v) is 4.66. The number of hydrogen-bond donors (Lipinski definition) is 1. The second-order valence-electron chi connectivity index (χ2n) is 4.62. The minimum Gasteiger partial charge on any atom is -0.495 e. The van der Waals surface area contributed by atoms with Crippen molar-refractivity contribution in [1.29, 1.82) is 0 Å². The third kappa shape index (κ3) is 4.45. The van der Waals surface area contributed by atoms with Crippen LogP contribution in [-0.2, 0) is 10.5 Å². The van der Waals surface area contributed by atoms with Gasteiger partial charge >= 0.3 is 0 Å². The van der Waals surface area contributed by atoms with Crippen LogP contribution < -0.4 is 4.74 Å². The molecule has 1 aromatic carbocycles. The first-order valence-electron chi connectivity index (χ1n) is 6.79. The van der Waals surface area contributed by atoms with Crippen molar-refractivity contribution < 1.29 is 14.6 Å². The van der Waals surface area contributed by atoms with Gasteiger partial charge in [-0.25, -0.2) is 0 Å². The van der Waals surface area contributed by atoms with Gasteiger partial charge in [0.1, 0.15) is 12.4 Å². The van der Waals surface area contributed by atoms with E-state index in [-0.39, 0.29) is 6.61 Å². The van der Waals surface area contributed by atoms with Gasteiger partial charge in [-0.05, 0) is 30.5 Å². The Morgan fingerprint density at radius 1 is 1.40 bits per heavy atom. The molecule has 0 aliphatic carbocycles. The summed E-state index contributed by atoms with van der Waals surface area (Å²) in [7, 11) is 1.63. The topological polar surface area (TPSA) is 38.7 Å². The lowest BCUT2D eigenvalue weighted by atomic mass is 10.1. The average Bonchev–Trinajstić information content (AvgIpc) is 2.52. The van der Waals surface area contributed by atoms with Crippen LogP contribution in [0.4, 0.5) is 0 Å². The lowest BCUT2D eigenvalue weighted by molar-refractivity contribution is 0.1000. The van der Waals surface area contributed by atoms with Gasteiger partial charge < -0.3 is 14.6 Å². The second kappa shape index (κ2) is 8.21. The van der Waals surface area contributed by atoms with E-state index in [2.05, 4.69) is 17.9 Å². The lowest BCUT2D eigenvalue weighted by Crippen LogP contribution is -2.17. The van der Waals surface area contributed by atoms with Gasteiger partial charge in [0, 0.05) is 24.2 Å². The van der Waals surface area contributed by atoms with Crippen LogP contribution in [-0.4, -0.2) is 37.3 Å². The van der Waals surface area contributed by atoms with Crippen LogP contribution in [0.15, 0.2) is 18.2 Å². The molecule has 4 heteroatoms. The smallest absolute Gasteiger partial charge is 0.134 e. The zero-order valence-corrected chi connectivity index (χ0v) is 12.5. The molecule has 0 radical (unpaired) electrons. The van der Waals surface area contributed by atoms with Crippen molar-refractivity contribution in [3.05, 3.63) is 29.3 Å². The van der Waals surface area contributed by atoms with E-state index in [1.165, 1.54) is 5.56 Å². The molecule has 0 saturated carbocycles. The normalized spacial score (nSPS) is 15.5. The minimum atomic E-state index is -0.135. The van der Waals surface area contributed by atoms with Crippen LogP contribution in [0.3, 0.4) is 0 Å². The molecule has 1 heterocycles. The second-order valence-corrected chi connectivity index (χ2v) is 5.91. The van der Waals surface area contributed by atoms with Gasteiger partial charge in [0.15, 0.2) is 0 Å². The highest BCUT2D eigenvalue weighted by Crippen LogP contribution is 2.27. The fourth-order valence-electron chi connectivity index (χ4n) is 2.13. The average molecular weight is 292 g/mol. The van der Waals surface area contributed by atoms with Crippen molar-refractivity contribution in [3.63, 3.8) is 0 Å². The number of aliphatic hydroxyl groups excluding tert-OH is 1. The molecule has 2 rings (SSSR count). The van der Waals surface area contributed by atoms with E-state index < -0.39 is 0 Å². The molecular formula is C16H20O3S. The Bertz CT molecular complexity index is 484. The van der Waals surface area contributed by atoms with Gasteiger partial charge in [0.05, 0.1) is 12.7 Å². The first-order valence-corrected chi connectivity index (χ1v) is 7.84. The molecule has 1 aliphatic rings. The van der Waals surface area contributed by atoms with E-state index in [4.69, 9.17) is 14.6 Å². The number of benzene rings is 1. The molecule has 3 nitrogen and oxygen atoms in total. The van der Waals surface area contributed by atoms with Crippen LogP contribution in [0.2, 0.25) is 0 Å². The SMILES string of the molecule is COc1ccc(CSC2CCOCC2)cc1C#CCO. The molecule has 1 fully saturated rings. The van der Waals surface area contributed by atoms with Crippen LogP contribution in [0.5, 0.6) is 5.75 Å². The Labute approximate surface area is 124 Å². The minimum absolute atomic E-state index is 0.135. The van der Waals surface area contributed by atoms with Crippen molar-refractivity contribution in [2.75, 3.05) is 26.9 Å². The Morgan fingerprint density at radius 3 is 2.90 bits per heavy atom. The van der Waals surface area contributed by atoms with Crippen LogP contribution >= 0.6 is 11.8 Å². The molecule has 0 bridgehead atoms. The maximum Gasteiger partial charge on any atom is 0.134 e. The number of hydrogen-bond acceptors (Lipinski definition) is 4. The molecule has 0 spiro atoms. The number of aliphatic hydroxyl groups is 1.